The number of morpholine rings is 1. The maximum atomic E-state index is 5.69. The first-order valence-corrected chi connectivity index (χ1v) is 6.56. The summed E-state index contributed by atoms with van der Waals surface area (Å²) in [5, 5.41) is 7.16. The van der Waals surface area contributed by atoms with E-state index in [4.69, 9.17) is 9.26 Å². The molecule has 2 unspecified atom stereocenters. The first-order valence-electron chi connectivity index (χ1n) is 6.56. The van der Waals surface area contributed by atoms with Crippen molar-refractivity contribution in [3.8, 4) is 0 Å². The Kier molecular flexibility index (Phi) is 4.68. The number of aromatic nitrogens is 2. The molecule has 1 saturated heterocycles. The normalized spacial score (nSPS) is 23.2. The molecular weight excluding hydrogens is 232 g/mol. The van der Waals surface area contributed by atoms with Crippen LogP contribution in [0.4, 0.5) is 0 Å². The number of nitrogens with one attached hydrogen (secondary N) is 1. The van der Waals surface area contributed by atoms with Crippen LogP contribution in [0.15, 0.2) is 4.52 Å². The minimum absolute atomic E-state index is 0.0789. The highest BCUT2D eigenvalue weighted by atomic mass is 16.5. The Morgan fingerprint density at radius 1 is 1.56 bits per heavy atom. The summed E-state index contributed by atoms with van der Waals surface area (Å²) in [7, 11) is 1.93. The third-order valence-corrected chi connectivity index (χ3v) is 3.34. The minimum Gasteiger partial charge on any atom is -0.366 e. The average Bonchev–Trinajstić information content (AvgIpc) is 2.87. The second-order valence-corrected chi connectivity index (χ2v) is 4.70. The average molecular weight is 254 g/mol. The molecule has 0 radical (unpaired) electrons. The number of rotatable bonds is 5. The quantitative estimate of drug-likeness (QED) is 0.831. The minimum atomic E-state index is -0.0789. The molecular formula is C12H22N4O2. The fourth-order valence-corrected chi connectivity index (χ4v) is 2.00. The highest BCUT2D eigenvalue weighted by Gasteiger charge is 2.26. The Hall–Kier alpha value is -0.980. The Morgan fingerprint density at radius 3 is 3.11 bits per heavy atom. The summed E-state index contributed by atoms with van der Waals surface area (Å²) >= 11 is 0. The highest BCUT2D eigenvalue weighted by Crippen LogP contribution is 2.20. The topological polar surface area (TPSA) is 63.4 Å². The van der Waals surface area contributed by atoms with Gasteiger partial charge in [0.05, 0.1) is 6.61 Å². The van der Waals surface area contributed by atoms with E-state index in [9.17, 15) is 0 Å². The fourth-order valence-electron chi connectivity index (χ4n) is 2.00. The van der Waals surface area contributed by atoms with Gasteiger partial charge in [-0.15, -0.1) is 0 Å². The molecule has 0 aromatic carbocycles. The lowest BCUT2D eigenvalue weighted by atomic mass is 10.2. The van der Waals surface area contributed by atoms with Gasteiger partial charge in [0.25, 0.3) is 5.89 Å². The van der Waals surface area contributed by atoms with E-state index in [0.717, 1.165) is 38.5 Å². The maximum Gasteiger partial charge on any atom is 0.257 e. The molecule has 18 heavy (non-hydrogen) atoms. The molecule has 1 aliphatic heterocycles. The smallest absolute Gasteiger partial charge is 0.257 e. The van der Waals surface area contributed by atoms with Crippen LogP contribution in [0.5, 0.6) is 0 Å². The van der Waals surface area contributed by atoms with Crippen molar-refractivity contribution >= 4 is 0 Å². The van der Waals surface area contributed by atoms with Crippen molar-refractivity contribution < 1.29 is 9.26 Å². The molecule has 1 aromatic heterocycles. The van der Waals surface area contributed by atoms with Crippen molar-refractivity contribution in [2.75, 3.05) is 33.3 Å². The number of hydrogen-bond acceptors (Lipinski definition) is 6. The summed E-state index contributed by atoms with van der Waals surface area (Å²) in [5.74, 6) is 1.34. The Morgan fingerprint density at radius 2 is 2.39 bits per heavy atom. The summed E-state index contributed by atoms with van der Waals surface area (Å²) in [6.07, 6.45) is 0.689. The van der Waals surface area contributed by atoms with E-state index in [1.165, 1.54) is 0 Å². The molecule has 2 atom stereocenters. The molecule has 1 N–H and O–H groups in total. The summed E-state index contributed by atoms with van der Waals surface area (Å²) < 4.78 is 11.0. The van der Waals surface area contributed by atoms with Crippen LogP contribution in [0.3, 0.4) is 0 Å². The molecule has 6 heteroatoms. The van der Waals surface area contributed by atoms with Crippen molar-refractivity contribution in [3.05, 3.63) is 11.7 Å². The van der Waals surface area contributed by atoms with Crippen molar-refractivity contribution in [3.63, 3.8) is 0 Å². The molecule has 2 heterocycles. The molecule has 0 bridgehead atoms. The molecule has 6 nitrogen and oxygen atoms in total. The van der Waals surface area contributed by atoms with Gasteiger partial charge in [0.15, 0.2) is 5.82 Å². The van der Waals surface area contributed by atoms with Crippen LogP contribution in [0.2, 0.25) is 0 Å². The summed E-state index contributed by atoms with van der Waals surface area (Å²) in [5.41, 5.74) is 0. The van der Waals surface area contributed by atoms with Crippen LogP contribution in [0, 0.1) is 0 Å². The Balaban J connectivity index is 1.96. The fraction of sp³-hybridized carbons (Fsp3) is 0.833. The molecule has 1 aliphatic rings. The van der Waals surface area contributed by atoms with Gasteiger partial charge in [-0.25, -0.2) is 0 Å². The lowest BCUT2D eigenvalue weighted by Crippen LogP contribution is -2.38. The Labute approximate surface area is 108 Å². The van der Waals surface area contributed by atoms with Gasteiger partial charge in [0, 0.05) is 25.6 Å². The first-order chi connectivity index (χ1) is 8.72. The van der Waals surface area contributed by atoms with Gasteiger partial charge in [-0.3, -0.25) is 4.90 Å². The number of nitrogens with zero attached hydrogens (tertiary/aromatic N) is 3. The molecule has 102 valence electrons. The molecule has 1 fully saturated rings. The van der Waals surface area contributed by atoms with Gasteiger partial charge in [0.1, 0.15) is 6.10 Å². The molecule has 1 aromatic rings. The monoisotopic (exact) mass is 254 g/mol. The number of likely N-dealkylation sites (N-methyl/N-ethyl adjacent to an activating group) is 2. The Bertz CT molecular complexity index is 369. The molecule has 0 spiro atoms. The van der Waals surface area contributed by atoms with Crippen LogP contribution < -0.4 is 5.32 Å². The predicted molar refractivity (Wildman–Crippen MR) is 67.3 cm³/mol. The molecule has 2 rings (SSSR count). The SMILES string of the molecule is CCN1CCOC(c2nc(CC(C)NC)no2)C1. The largest absolute Gasteiger partial charge is 0.366 e. The second kappa shape index (κ2) is 6.26. The van der Waals surface area contributed by atoms with Crippen LogP contribution in [0.1, 0.15) is 31.7 Å². The molecule has 0 aliphatic carbocycles. The van der Waals surface area contributed by atoms with Crippen molar-refractivity contribution in [2.24, 2.45) is 0 Å². The van der Waals surface area contributed by atoms with Crippen LogP contribution in [-0.4, -0.2) is 54.4 Å². The van der Waals surface area contributed by atoms with E-state index in [-0.39, 0.29) is 6.10 Å². The van der Waals surface area contributed by atoms with Gasteiger partial charge in [-0.2, -0.15) is 4.98 Å². The van der Waals surface area contributed by atoms with Gasteiger partial charge in [0.2, 0.25) is 0 Å². The van der Waals surface area contributed by atoms with E-state index in [1.807, 2.05) is 7.05 Å². The second-order valence-electron chi connectivity index (χ2n) is 4.70. The predicted octanol–water partition coefficient (Wildman–Crippen LogP) is 0.613. The molecule has 0 saturated carbocycles. The van der Waals surface area contributed by atoms with Crippen LogP contribution in [-0.2, 0) is 11.2 Å². The van der Waals surface area contributed by atoms with E-state index in [2.05, 4.69) is 34.2 Å². The lowest BCUT2D eigenvalue weighted by molar-refractivity contribution is -0.0431. The lowest BCUT2D eigenvalue weighted by Gasteiger charge is -2.29. The standard InChI is InChI=1S/C12H22N4O2/c1-4-16-5-6-17-10(8-16)12-14-11(15-18-12)7-9(2)13-3/h9-10,13H,4-8H2,1-3H3. The number of ether oxygens (including phenoxy) is 1. The summed E-state index contributed by atoms with van der Waals surface area (Å²) in [6, 6.07) is 0.342. The van der Waals surface area contributed by atoms with Gasteiger partial charge < -0.3 is 14.6 Å². The zero-order chi connectivity index (χ0) is 13.0. The van der Waals surface area contributed by atoms with Crippen LogP contribution >= 0.6 is 0 Å². The van der Waals surface area contributed by atoms with E-state index in [1.54, 1.807) is 0 Å². The van der Waals surface area contributed by atoms with Crippen molar-refractivity contribution in [1.82, 2.24) is 20.4 Å². The summed E-state index contributed by atoms with van der Waals surface area (Å²) in [6.45, 7) is 7.80. The zero-order valence-electron chi connectivity index (χ0n) is 11.3. The zero-order valence-corrected chi connectivity index (χ0v) is 11.3. The van der Waals surface area contributed by atoms with Crippen LogP contribution in [0.25, 0.3) is 0 Å². The van der Waals surface area contributed by atoms with E-state index in [0.29, 0.717) is 11.9 Å². The summed E-state index contributed by atoms with van der Waals surface area (Å²) in [4.78, 5) is 6.75. The maximum absolute atomic E-state index is 5.69. The number of hydrogen-bond donors (Lipinski definition) is 1. The highest BCUT2D eigenvalue weighted by molar-refractivity contribution is 4.94. The van der Waals surface area contributed by atoms with Crippen molar-refractivity contribution in [2.45, 2.75) is 32.4 Å². The third-order valence-electron chi connectivity index (χ3n) is 3.34. The third kappa shape index (κ3) is 3.28. The van der Waals surface area contributed by atoms with E-state index >= 15 is 0 Å². The van der Waals surface area contributed by atoms with Crippen molar-refractivity contribution in [1.29, 1.82) is 0 Å². The van der Waals surface area contributed by atoms with E-state index < -0.39 is 0 Å². The first kappa shape index (κ1) is 13.5. The van der Waals surface area contributed by atoms with Gasteiger partial charge >= 0.3 is 0 Å². The van der Waals surface area contributed by atoms with Gasteiger partial charge in [-0.1, -0.05) is 12.1 Å². The van der Waals surface area contributed by atoms with Gasteiger partial charge in [-0.05, 0) is 20.5 Å². The molecule has 0 amide bonds.